The summed E-state index contributed by atoms with van der Waals surface area (Å²) >= 11 is 0. The second-order valence-electron chi connectivity index (χ2n) is 3.27. The number of hydrogen-bond acceptors (Lipinski definition) is 6. The molecule has 0 aliphatic rings. The molecule has 2 N–H and O–H groups in total. The van der Waals surface area contributed by atoms with Crippen molar-refractivity contribution in [1.29, 1.82) is 0 Å². The zero-order valence-electron chi connectivity index (χ0n) is 9.72. The number of methoxy groups -OCH3 is 2. The molecule has 0 aliphatic carbocycles. The highest BCUT2D eigenvalue weighted by Gasteiger charge is 2.10. The van der Waals surface area contributed by atoms with Gasteiger partial charge in [-0.2, -0.15) is 0 Å². The van der Waals surface area contributed by atoms with E-state index in [-0.39, 0.29) is 0 Å². The third-order valence-corrected chi connectivity index (χ3v) is 2.15. The first kappa shape index (κ1) is 12.7. The van der Waals surface area contributed by atoms with Gasteiger partial charge in [0.2, 0.25) is 0 Å². The van der Waals surface area contributed by atoms with Crippen molar-refractivity contribution in [3.8, 4) is 0 Å². The summed E-state index contributed by atoms with van der Waals surface area (Å²) in [6.45, 7) is 2.68. The van der Waals surface area contributed by atoms with E-state index in [1.165, 1.54) is 6.33 Å². The first-order chi connectivity index (χ1) is 7.79. The standard InChI is InChI=1S/C10H18N4O2/c1-15-5-3-14(4-6-16-2)10-9(11)7-12-8-13-10/h7-8H,3-6,11H2,1-2H3. The molecule has 0 bridgehead atoms. The number of rotatable bonds is 7. The Hall–Kier alpha value is -1.40. The minimum Gasteiger partial charge on any atom is -0.394 e. The van der Waals surface area contributed by atoms with Crippen LogP contribution in [0.1, 0.15) is 0 Å². The molecule has 1 rings (SSSR count). The topological polar surface area (TPSA) is 73.5 Å². The van der Waals surface area contributed by atoms with E-state index in [4.69, 9.17) is 15.2 Å². The van der Waals surface area contributed by atoms with E-state index in [0.29, 0.717) is 18.9 Å². The summed E-state index contributed by atoms with van der Waals surface area (Å²) in [5.74, 6) is 0.726. The van der Waals surface area contributed by atoms with Gasteiger partial charge in [-0.1, -0.05) is 0 Å². The third kappa shape index (κ3) is 3.63. The number of nitrogens with two attached hydrogens (primary N) is 1. The SMILES string of the molecule is COCCN(CCOC)c1ncncc1N. The molecule has 1 heterocycles. The van der Waals surface area contributed by atoms with Gasteiger partial charge in [0, 0.05) is 27.3 Å². The molecule has 0 radical (unpaired) electrons. The third-order valence-electron chi connectivity index (χ3n) is 2.15. The van der Waals surface area contributed by atoms with Gasteiger partial charge in [-0.25, -0.2) is 9.97 Å². The molecule has 0 spiro atoms. The second kappa shape index (κ2) is 6.97. The van der Waals surface area contributed by atoms with Gasteiger partial charge in [0.25, 0.3) is 0 Å². The summed E-state index contributed by atoms with van der Waals surface area (Å²) in [6, 6.07) is 0. The molecule has 0 saturated carbocycles. The van der Waals surface area contributed by atoms with Crippen LogP contribution in [0.15, 0.2) is 12.5 Å². The summed E-state index contributed by atoms with van der Waals surface area (Å²) in [7, 11) is 3.33. The van der Waals surface area contributed by atoms with Crippen molar-refractivity contribution in [2.45, 2.75) is 0 Å². The maximum absolute atomic E-state index is 5.82. The van der Waals surface area contributed by atoms with Crippen LogP contribution < -0.4 is 10.6 Å². The summed E-state index contributed by atoms with van der Waals surface area (Å²) in [6.07, 6.45) is 3.08. The van der Waals surface area contributed by atoms with Crippen LogP contribution in [0.5, 0.6) is 0 Å². The number of ether oxygens (including phenoxy) is 2. The van der Waals surface area contributed by atoms with Gasteiger partial charge < -0.3 is 20.1 Å². The number of aromatic nitrogens is 2. The highest BCUT2D eigenvalue weighted by atomic mass is 16.5. The summed E-state index contributed by atoms with van der Waals surface area (Å²) in [4.78, 5) is 10.0. The fraction of sp³-hybridized carbons (Fsp3) is 0.600. The van der Waals surface area contributed by atoms with Crippen molar-refractivity contribution < 1.29 is 9.47 Å². The van der Waals surface area contributed by atoms with E-state index in [9.17, 15) is 0 Å². The molecule has 0 aromatic carbocycles. The molecule has 16 heavy (non-hydrogen) atoms. The predicted molar refractivity (Wildman–Crippen MR) is 62.4 cm³/mol. The van der Waals surface area contributed by atoms with Gasteiger partial charge in [-0.05, 0) is 0 Å². The first-order valence-electron chi connectivity index (χ1n) is 5.08. The summed E-state index contributed by atoms with van der Waals surface area (Å²) < 4.78 is 10.1. The van der Waals surface area contributed by atoms with Crippen LogP contribution in [0.2, 0.25) is 0 Å². The Morgan fingerprint density at radius 3 is 2.38 bits per heavy atom. The summed E-state index contributed by atoms with van der Waals surface area (Å²) in [5, 5.41) is 0. The van der Waals surface area contributed by atoms with Crippen LogP contribution in [0.3, 0.4) is 0 Å². The molecule has 6 heteroatoms. The van der Waals surface area contributed by atoms with Crippen LogP contribution in [0.25, 0.3) is 0 Å². The van der Waals surface area contributed by atoms with E-state index in [0.717, 1.165) is 18.9 Å². The Bertz CT molecular complexity index is 301. The van der Waals surface area contributed by atoms with E-state index in [1.54, 1.807) is 20.4 Å². The van der Waals surface area contributed by atoms with Crippen molar-refractivity contribution in [2.75, 3.05) is 51.2 Å². The van der Waals surface area contributed by atoms with Crippen LogP contribution in [0, 0.1) is 0 Å². The highest BCUT2D eigenvalue weighted by Crippen LogP contribution is 2.17. The minimum atomic E-state index is 0.565. The molecule has 0 saturated heterocycles. The fourth-order valence-electron chi connectivity index (χ4n) is 1.32. The lowest BCUT2D eigenvalue weighted by Gasteiger charge is -2.23. The molecule has 0 amide bonds. The smallest absolute Gasteiger partial charge is 0.155 e. The lowest BCUT2D eigenvalue weighted by atomic mass is 10.4. The van der Waals surface area contributed by atoms with Crippen LogP contribution in [-0.2, 0) is 9.47 Å². The molecular formula is C10H18N4O2. The van der Waals surface area contributed by atoms with Crippen LogP contribution >= 0.6 is 0 Å². The molecule has 6 nitrogen and oxygen atoms in total. The Morgan fingerprint density at radius 1 is 1.25 bits per heavy atom. The van der Waals surface area contributed by atoms with Gasteiger partial charge in [0.1, 0.15) is 6.33 Å². The number of nitrogens with zero attached hydrogens (tertiary/aromatic N) is 3. The molecule has 0 aliphatic heterocycles. The van der Waals surface area contributed by atoms with Crippen molar-refractivity contribution >= 4 is 11.5 Å². The number of nitrogen functional groups attached to an aromatic ring is 1. The quantitative estimate of drug-likeness (QED) is 0.714. The van der Waals surface area contributed by atoms with Crippen molar-refractivity contribution in [3.63, 3.8) is 0 Å². The lowest BCUT2D eigenvalue weighted by molar-refractivity contribution is 0.190. The molecule has 1 aromatic rings. The molecule has 1 aromatic heterocycles. The monoisotopic (exact) mass is 226 g/mol. The molecule has 0 atom stereocenters. The number of anilines is 2. The van der Waals surface area contributed by atoms with Crippen LogP contribution in [0.4, 0.5) is 11.5 Å². The Kier molecular flexibility index (Phi) is 5.52. The van der Waals surface area contributed by atoms with Gasteiger partial charge >= 0.3 is 0 Å². The number of hydrogen-bond donors (Lipinski definition) is 1. The predicted octanol–water partition coefficient (Wildman–Crippen LogP) is 0.158. The zero-order chi connectivity index (χ0) is 11.8. The van der Waals surface area contributed by atoms with E-state index in [1.807, 2.05) is 4.90 Å². The van der Waals surface area contributed by atoms with E-state index < -0.39 is 0 Å². The molecular weight excluding hydrogens is 208 g/mol. The van der Waals surface area contributed by atoms with Gasteiger partial charge in [-0.3, -0.25) is 0 Å². The molecule has 0 unspecified atom stereocenters. The first-order valence-corrected chi connectivity index (χ1v) is 5.08. The van der Waals surface area contributed by atoms with E-state index in [2.05, 4.69) is 9.97 Å². The summed E-state index contributed by atoms with van der Waals surface area (Å²) in [5.41, 5.74) is 6.38. The Labute approximate surface area is 95.4 Å². The second-order valence-corrected chi connectivity index (χ2v) is 3.27. The Morgan fingerprint density at radius 2 is 1.88 bits per heavy atom. The molecule has 90 valence electrons. The largest absolute Gasteiger partial charge is 0.394 e. The van der Waals surface area contributed by atoms with Gasteiger partial charge in [0.15, 0.2) is 5.82 Å². The maximum Gasteiger partial charge on any atom is 0.155 e. The molecule has 0 fully saturated rings. The maximum atomic E-state index is 5.82. The average Bonchev–Trinajstić information content (AvgIpc) is 2.31. The minimum absolute atomic E-state index is 0.565. The van der Waals surface area contributed by atoms with Crippen molar-refractivity contribution in [2.24, 2.45) is 0 Å². The van der Waals surface area contributed by atoms with Gasteiger partial charge in [0.05, 0.1) is 25.1 Å². The van der Waals surface area contributed by atoms with Crippen LogP contribution in [-0.4, -0.2) is 50.5 Å². The zero-order valence-corrected chi connectivity index (χ0v) is 9.72. The van der Waals surface area contributed by atoms with Crippen molar-refractivity contribution in [3.05, 3.63) is 12.5 Å². The normalized spacial score (nSPS) is 10.4. The Balaban J connectivity index is 2.70. The van der Waals surface area contributed by atoms with Crippen molar-refractivity contribution in [1.82, 2.24) is 9.97 Å². The van der Waals surface area contributed by atoms with Gasteiger partial charge in [-0.15, -0.1) is 0 Å². The highest BCUT2D eigenvalue weighted by molar-refractivity contribution is 5.60. The lowest BCUT2D eigenvalue weighted by Crippen LogP contribution is -2.32. The average molecular weight is 226 g/mol. The van der Waals surface area contributed by atoms with E-state index >= 15 is 0 Å². The fourth-order valence-corrected chi connectivity index (χ4v) is 1.32.